The fourth-order valence-corrected chi connectivity index (χ4v) is 3.99. The molecule has 2 bridgehead atoms. The van der Waals surface area contributed by atoms with Gasteiger partial charge in [0.25, 0.3) is 0 Å². The number of carbonyl (C=O) groups excluding carboxylic acids is 1. The number of amides is 2. The van der Waals surface area contributed by atoms with Crippen LogP contribution in [0.15, 0.2) is 0 Å². The molecule has 1 aliphatic carbocycles. The van der Waals surface area contributed by atoms with Crippen molar-refractivity contribution in [3.63, 3.8) is 0 Å². The number of carboxylic acids is 1. The lowest BCUT2D eigenvalue weighted by Crippen LogP contribution is -2.50. The number of piperidine rings is 2. The van der Waals surface area contributed by atoms with Crippen LogP contribution in [0.25, 0.3) is 0 Å². The maximum absolute atomic E-state index is 12.5. The Morgan fingerprint density at radius 2 is 2.00 bits per heavy atom. The number of urea groups is 1. The SMILES string of the molecule is O=C(O)CC1CCCN(C(=O)N2CC3CCC2C3)C1. The standard InChI is InChI=1S/C14H22N2O3/c17-13(18)7-10-2-1-5-15(8-10)14(19)16-9-11-3-4-12(16)6-11/h10-12H,1-9H2,(H,17,18). The van der Waals surface area contributed by atoms with Crippen molar-refractivity contribution in [1.29, 1.82) is 0 Å². The summed E-state index contributed by atoms with van der Waals surface area (Å²) in [6.45, 7) is 2.34. The first-order chi connectivity index (χ1) is 9.13. The summed E-state index contributed by atoms with van der Waals surface area (Å²) in [6.07, 6.45) is 5.67. The summed E-state index contributed by atoms with van der Waals surface area (Å²) in [4.78, 5) is 27.2. The van der Waals surface area contributed by atoms with Crippen LogP contribution in [0.2, 0.25) is 0 Å². The Balaban J connectivity index is 1.59. The molecule has 3 rings (SSSR count). The topological polar surface area (TPSA) is 60.9 Å². The minimum absolute atomic E-state index is 0.134. The van der Waals surface area contributed by atoms with E-state index >= 15 is 0 Å². The molecule has 5 nitrogen and oxygen atoms in total. The Kier molecular flexibility index (Phi) is 3.37. The molecule has 2 amide bonds. The summed E-state index contributed by atoms with van der Waals surface area (Å²) in [5, 5.41) is 8.87. The van der Waals surface area contributed by atoms with Gasteiger partial charge in [0.15, 0.2) is 0 Å². The Bertz CT molecular complexity index is 385. The third-order valence-corrected chi connectivity index (χ3v) is 4.91. The van der Waals surface area contributed by atoms with Crippen LogP contribution in [0.1, 0.15) is 38.5 Å². The van der Waals surface area contributed by atoms with Crippen molar-refractivity contribution in [2.45, 2.75) is 44.6 Å². The number of likely N-dealkylation sites (tertiary alicyclic amines) is 2. The molecule has 0 aromatic heterocycles. The summed E-state index contributed by atoms with van der Waals surface area (Å²) in [6, 6.07) is 0.611. The predicted octanol–water partition coefficient (Wildman–Crippen LogP) is 1.78. The molecule has 3 unspecified atom stereocenters. The van der Waals surface area contributed by atoms with Gasteiger partial charge in [-0.3, -0.25) is 4.79 Å². The van der Waals surface area contributed by atoms with E-state index in [9.17, 15) is 9.59 Å². The number of rotatable bonds is 2. The number of aliphatic carboxylic acids is 1. The molecule has 3 atom stereocenters. The minimum atomic E-state index is -0.750. The zero-order chi connectivity index (χ0) is 13.4. The molecule has 1 N–H and O–H groups in total. The third kappa shape index (κ3) is 2.55. The van der Waals surface area contributed by atoms with Crippen molar-refractivity contribution >= 4 is 12.0 Å². The van der Waals surface area contributed by atoms with Crippen molar-refractivity contribution in [1.82, 2.24) is 9.80 Å². The molecule has 0 radical (unpaired) electrons. The molecular formula is C14H22N2O3. The van der Waals surface area contributed by atoms with Crippen LogP contribution in [0.5, 0.6) is 0 Å². The lowest BCUT2D eigenvalue weighted by molar-refractivity contribution is -0.138. The van der Waals surface area contributed by atoms with E-state index in [0.29, 0.717) is 18.5 Å². The molecule has 1 saturated carbocycles. The third-order valence-electron chi connectivity index (χ3n) is 4.91. The highest BCUT2D eigenvalue weighted by Crippen LogP contribution is 2.38. The molecule has 106 valence electrons. The van der Waals surface area contributed by atoms with Crippen LogP contribution in [-0.2, 0) is 4.79 Å². The van der Waals surface area contributed by atoms with Crippen molar-refractivity contribution in [3.05, 3.63) is 0 Å². The van der Waals surface area contributed by atoms with Gasteiger partial charge in [0, 0.05) is 32.1 Å². The van der Waals surface area contributed by atoms with Crippen molar-refractivity contribution in [2.24, 2.45) is 11.8 Å². The Morgan fingerprint density at radius 3 is 2.63 bits per heavy atom. The molecular weight excluding hydrogens is 244 g/mol. The van der Waals surface area contributed by atoms with E-state index in [0.717, 1.165) is 32.4 Å². The number of carbonyl (C=O) groups is 2. The molecule has 3 aliphatic rings. The van der Waals surface area contributed by atoms with E-state index < -0.39 is 5.97 Å². The highest BCUT2D eigenvalue weighted by Gasteiger charge is 2.42. The van der Waals surface area contributed by atoms with Crippen LogP contribution >= 0.6 is 0 Å². The highest BCUT2D eigenvalue weighted by atomic mass is 16.4. The maximum atomic E-state index is 12.5. The van der Waals surface area contributed by atoms with E-state index in [1.807, 2.05) is 9.80 Å². The average molecular weight is 266 g/mol. The molecule has 2 heterocycles. The van der Waals surface area contributed by atoms with Crippen LogP contribution < -0.4 is 0 Å². The summed E-state index contributed by atoms with van der Waals surface area (Å²) in [5.41, 5.74) is 0. The molecule has 0 aromatic rings. The van der Waals surface area contributed by atoms with E-state index in [-0.39, 0.29) is 18.4 Å². The van der Waals surface area contributed by atoms with Gasteiger partial charge in [0.05, 0.1) is 0 Å². The van der Waals surface area contributed by atoms with E-state index in [1.54, 1.807) is 0 Å². The first-order valence-electron chi connectivity index (χ1n) is 7.41. The van der Waals surface area contributed by atoms with Gasteiger partial charge in [-0.25, -0.2) is 4.79 Å². The van der Waals surface area contributed by atoms with Gasteiger partial charge in [-0.05, 0) is 43.9 Å². The van der Waals surface area contributed by atoms with E-state index in [4.69, 9.17) is 5.11 Å². The molecule has 19 heavy (non-hydrogen) atoms. The lowest BCUT2D eigenvalue weighted by Gasteiger charge is -2.37. The summed E-state index contributed by atoms with van der Waals surface area (Å²) >= 11 is 0. The van der Waals surface area contributed by atoms with Crippen LogP contribution in [-0.4, -0.2) is 52.6 Å². The fourth-order valence-electron chi connectivity index (χ4n) is 3.99. The molecule has 0 spiro atoms. The largest absolute Gasteiger partial charge is 0.481 e. The highest BCUT2D eigenvalue weighted by molar-refractivity contribution is 5.75. The molecule has 3 fully saturated rings. The van der Waals surface area contributed by atoms with Crippen molar-refractivity contribution in [2.75, 3.05) is 19.6 Å². The van der Waals surface area contributed by atoms with Gasteiger partial charge in [-0.2, -0.15) is 0 Å². The second kappa shape index (κ2) is 5.02. The summed E-state index contributed by atoms with van der Waals surface area (Å²) in [5.74, 6) is 0.100. The van der Waals surface area contributed by atoms with Gasteiger partial charge in [-0.1, -0.05) is 0 Å². The minimum Gasteiger partial charge on any atom is -0.481 e. The van der Waals surface area contributed by atoms with Crippen molar-refractivity contribution in [3.8, 4) is 0 Å². The van der Waals surface area contributed by atoms with E-state index in [1.165, 1.54) is 12.8 Å². The lowest BCUT2D eigenvalue weighted by atomic mass is 9.95. The Labute approximate surface area is 113 Å². The number of hydrogen-bond acceptors (Lipinski definition) is 2. The van der Waals surface area contributed by atoms with Gasteiger partial charge in [0.2, 0.25) is 0 Å². The zero-order valence-corrected chi connectivity index (χ0v) is 11.3. The summed E-state index contributed by atoms with van der Waals surface area (Å²) < 4.78 is 0. The van der Waals surface area contributed by atoms with Crippen LogP contribution in [0.4, 0.5) is 4.79 Å². The Hall–Kier alpha value is -1.26. The second-order valence-electron chi connectivity index (χ2n) is 6.32. The van der Waals surface area contributed by atoms with Crippen LogP contribution in [0.3, 0.4) is 0 Å². The van der Waals surface area contributed by atoms with Crippen LogP contribution in [0, 0.1) is 11.8 Å². The van der Waals surface area contributed by atoms with Crippen molar-refractivity contribution < 1.29 is 14.7 Å². The number of hydrogen-bond donors (Lipinski definition) is 1. The van der Waals surface area contributed by atoms with Gasteiger partial charge in [0.1, 0.15) is 0 Å². The fraction of sp³-hybridized carbons (Fsp3) is 0.857. The number of nitrogens with zero attached hydrogens (tertiary/aromatic N) is 2. The molecule has 0 aromatic carbocycles. The second-order valence-corrected chi connectivity index (χ2v) is 6.32. The molecule has 5 heteroatoms. The number of fused-ring (bicyclic) bond motifs is 2. The normalized spacial score (nSPS) is 33.8. The predicted molar refractivity (Wildman–Crippen MR) is 69.8 cm³/mol. The summed E-state index contributed by atoms with van der Waals surface area (Å²) in [7, 11) is 0. The number of carboxylic acid groups (broad SMARTS) is 1. The monoisotopic (exact) mass is 266 g/mol. The van der Waals surface area contributed by atoms with E-state index in [2.05, 4.69) is 0 Å². The first kappa shape index (κ1) is 12.8. The Morgan fingerprint density at radius 1 is 1.16 bits per heavy atom. The molecule has 2 saturated heterocycles. The smallest absolute Gasteiger partial charge is 0.320 e. The zero-order valence-electron chi connectivity index (χ0n) is 11.3. The van der Waals surface area contributed by atoms with Gasteiger partial charge in [-0.15, -0.1) is 0 Å². The average Bonchev–Trinajstić information content (AvgIpc) is 2.99. The first-order valence-corrected chi connectivity index (χ1v) is 7.41. The van der Waals surface area contributed by atoms with Gasteiger partial charge < -0.3 is 14.9 Å². The molecule has 2 aliphatic heterocycles. The van der Waals surface area contributed by atoms with Gasteiger partial charge >= 0.3 is 12.0 Å². The maximum Gasteiger partial charge on any atom is 0.320 e. The quantitative estimate of drug-likeness (QED) is 0.828.